The van der Waals surface area contributed by atoms with Gasteiger partial charge in [0.05, 0.1) is 13.2 Å². The molecule has 2 aromatic heterocycles. The fourth-order valence-corrected chi connectivity index (χ4v) is 3.22. The number of carboxylic acid groups (broad SMARTS) is 1. The smallest absolute Gasteiger partial charge is 0.323 e. The summed E-state index contributed by atoms with van der Waals surface area (Å²) in [6.45, 7) is 3.82. The molecule has 1 amide bonds. The van der Waals surface area contributed by atoms with Crippen LogP contribution in [0.1, 0.15) is 25.0 Å². The quantitative estimate of drug-likeness (QED) is 0.419. The summed E-state index contributed by atoms with van der Waals surface area (Å²) >= 11 is 5.87. The van der Waals surface area contributed by atoms with E-state index in [1.807, 2.05) is 6.92 Å². The second kappa shape index (κ2) is 9.57. The first kappa shape index (κ1) is 22.2. The highest BCUT2D eigenvalue weighted by molar-refractivity contribution is 6.29. The van der Waals surface area contributed by atoms with Crippen molar-refractivity contribution >= 4 is 29.3 Å². The Kier molecular flexibility index (Phi) is 6.87. The van der Waals surface area contributed by atoms with Crippen molar-refractivity contribution < 1.29 is 19.4 Å². The number of halogens is 1. The van der Waals surface area contributed by atoms with Gasteiger partial charge in [0, 0.05) is 12.4 Å². The molecule has 0 saturated carbocycles. The molecule has 0 spiro atoms. The fourth-order valence-electron chi connectivity index (χ4n) is 3.11. The first-order valence-electron chi connectivity index (χ1n) is 9.66. The van der Waals surface area contributed by atoms with Gasteiger partial charge in [0.15, 0.2) is 5.41 Å². The standard InChI is InChI=1S/C23H22ClN3O4/c1-3-31-18-10-8-17(9-11-18)23(2,22(29)30)21(28)27(20-6-4-5-13-25-20)15-16-7-12-19(24)26-14-16/h4-14H,3,15H2,1-2H3,(H,29,30). The number of amides is 1. The maximum Gasteiger partial charge on any atom is 0.323 e. The van der Waals surface area contributed by atoms with Gasteiger partial charge in [0.25, 0.3) is 0 Å². The number of rotatable bonds is 8. The van der Waals surface area contributed by atoms with E-state index in [1.165, 1.54) is 11.8 Å². The third kappa shape index (κ3) is 4.83. The number of benzene rings is 1. The van der Waals surface area contributed by atoms with Crippen molar-refractivity contribution in [3.63, 3.8) is 0 Å². The number of pyridine rings is 2. The van der Waals surface area contributed by atoms with E-state index in [2.05, 4.69) is 9.97 Å². The lowest BCUT2D eigenvalue weighted by Gasteiger charge is -2.31. The Hall–Kier alpha value is -3.45. The summed E-state index contributed by atoms with van der Waals surface area (Å²) < 4.78 is 5.43. The summed E-state index contributed by atoms with van der Waals surface area (Å²) in [6, 6.07) is 14.9. The highest BCUT2D eigenvalue weighted by atomic mass is 35.5. The highest BCUT2D eigenvalue weighted by Crippen LogP contribution is 2.31. The Bertz CT molecular complexity index is 1040. The molecular formula is C23H22ClN3O4. The minimum Gasteiger partial charge on any atom is -0.494 e. The predicted molar refractivity (Wildman–Crippen MR) is 117 cm³/mol. The zero-order valence-electron chi connectivity index (χ0n) is 17.2. The van der Waals surface area contributed by atoms with Crippen LogP contribution in [0, 0.1) is 0 Å². The molecule has 0 fully saturated rings. The molecule has 0 radical (unpaired) electrons. The number of anilines is 1. The van der Waals surface area contributed by atoms with Crippen molar-refractivity contribution in [1.29, 1.82) is 0 Å². The molecule has 1 atom stereocenters. The van der Waals surface area contributed by atoms with E-state index in [4.69, 9.17) is 16.3 Å². The van der Waals surface area contributed by atoms with Gasteiger partial charge in [-0.25, -0.2) is 9.97 Å². The number of nitrogens with zero attached hydrogens (tertiary/aromatic N) is 3. The summed E-state index contributed by atoms with van der Waals surface area (Å²) in [4.78, 5) is 35.7. The van der Waals surface area contributed by atoms with Crippen LogP contribution in [0.25, 0.3) is 0 Å². The van der Waals surface area contributed by atoms with Gasteiger partial charge in [0.2, 0.25) is 5.91 Å². The van der Waals surface area contributed by atoms with Crippen molar-refractivity contribution in [3.05, 3.63) is 83.3 Å². The molecule has 2 heterocycles. The van der Waals surface area contributed by atoms with Crippen LogP contribution in [0.3, 0.4) is 0 Å². The molecule has 160 valence electrons. The molecule has 0 aliphatic heterocycles. The maximum atomic E-state index is 13.7. The first-order chi connectivity index (χ1) is 14.9. The topological polar surface area (TPSA) is 92.6 Å². The van der Waals surface area contributed by atoms with E-state index in [-0.39, 0.29) is 6.54 Å². The van der Waals surface area contributed by atoms with Gasteiger partial charge in [-0.15, -0.1) is 0 Å². The fraction of sp³-hybridized carbons (Fsp3) is 0.217. The van der Waals surface area contributed by atoms with Crippen LogP contribution < -0.4 is 9.64 Å². The van der Waals surface area contributed by atoms with Crippen molar-refractivity contribution in [2.45, 2.75) is 25.8 Å². The van der Waals surface area contributed by atoms with Crippen LogP contribution in [-0.4, -0.2) is 33.6 Å². The van der Waals surface area contributed by atoms with Crippen LogP contribution in [0.5, 0.6) is 5.75 Å². The summed E-state index contributed by atoms with van der Waals surface area (Å²) in [7, 11) is 0. The van der Waals surface area contributed by atoms with E-state index >= 15 is 0 Å². The number of carboxylic acids is 1. The SMILES string of the molecule is CCOc1ccc(C(C)(C(=O)O)C(=O)N(Cc2ccc(Cl)nc2)c2ccccn2)cc1. The Morgan fingerprint density at radius 1 is 1.10 bits per heavy atom. The second-order valence-corrected chi connectivity index (χ2v) is 7.34. The van der Waals surface area contributed by atoms with Crippen LogP contribution in [0.4, 0.5) is 5.82 Å². The van der Waals surface area contributed by atoms with E-state index < -0.39 is 17.3 Å². The largest absolute Gasteiger partial charge is 0.494 e. The van der Waals surface area contributed by atoms with Gasteiger partial charge in [0.1, 0.15) is 16.7 Å². The van der Waals surface area contributed by atoms with Gasteiger partial charge < -0.3 is 9.84 Å². The van der Waals surface area contributed by atoms with Gasteiger partial charge in [-0.05, 0) is 55.3 Å². The Morgan fingerprint density at radius 2 is 1.84 bits per heavy atom. The second-order valence-electron chi connectivity index (χ2n) is 6.96. The number of ether oxygens (including phenoxy) is 1. The zero-order valence-corrected chi connectivity index (χ0v) is 17.9. The molecule has 0 saturated heterocycles. The summed E-state index contributed by atoms with van der Waals surface area (Å²) in [5.74, 6) is -0.962. The van der Waals surface area contributed by atoms with E-state index in [1.54, 1.807) is 67.0 Å². The summed E-state index contributed by atoms with van der Waals surface area (Å²) in [5.41, 5.74) is -0.825. The average Bonchev–Trinajstić information content (AvgIpc) is 2.79. The Labute approximate surface area is 185 Å². The lowest BCUT2D eigenvalue weighted by molar-refractivity contribution is -0.148. The van der Waals surface area contributed by atoms with Crippen LogP contribution in [0.15, 0.2) is 67.0 Å². The van der Waals surface area contributed by atoms with Gasteiger partial charge >= 0.3 is 5.97 Å². The van der Waals surface area contributed by atoms with Crippen molar-refractivity contribution in [2.24, 2.45) is 0 Å². The number of carbonyl (C=O) groups excluding carboxylic acids is 1. The van der Waals surface area contributed by atoms with Crippen LogP contribution in [-0.2, 0) is 21.5 Å². The normalized spacial score (nSPS) is 12.6. The predicted octanol–water partition coefficient (Wildman–Crippen LogP) is 4.10. The minimum atomic E-state index is -1.85. The third-order valence-electron chi connectivity index (χ3n) is 4.90. The molecule has 3 aromatic rings. The molecule has 0 aliphatic carbocycles. The molecule has 31 heavy (non-hydrogen) atoms. The molecule has 1 unspecified atom stereocenters. The van der Waals surface area contributed by atoms with E-state index in [0.717, 1.165) is 0 Å². The average molecular weight is 440 g/mol. The third-order valence-corrected chi connectivity index (χ3v) is 5.12. The van der Waals surface area contributed by atoms with E-state index in [9.17, 15) is 14.7 Å². The van der Waals surface area contributed by atoms with Crippen LogP contribution >= 0.6 is 11.6 Å². The lowest BCUT2D eigenvalue weighted by Crippen LogP contribution is -2.50. The summed E-state index contributed by atoms with van der Waals surface area (Å²) in [6.07, 6.45) is 3.09. The van der Waals surface area contributed by atoms with E-state index in [0.29, 0.717) is 34.5 Å². The molecule has 3 rings (SSSR count). The lowest BCUT2D eigenvalue weighted by atomic mass is 9.81. The number of carbonyl (C=O) groups is 2. The molecule has 7 nitrogen and oxygen atoms in total. The Balaban J connectivity index is 2.03. The molecule has 0 aliphatic rings. The minimum absolute atomic E-state index is 0.0832. The van der Waals surface area contributed by atoms with Gasteiger partial charge in [-0.2, -0.15) is 0 Å². The number of hydrogen-bond acceptors (Lipinski definition) is 5. The first-order valence-corrected chi connectivity index (χ1v) is 10.0. The van der Waals surface area contributed by atoms with Crippen LogP contribution in [0.2, 0.25) is 5.15 Å². The number of hydrogen-bond donors (Lipinski definition) is 1. The molecule has 1 aromatic carbocycles. The maximum absolute atomic E-state index is 13.7. The monoisotopic (exact) mass is 439 g/mol. The molecular weight excluding hydrogens is 418 g/mol. The number of aromatic nitrogens is 2. The van der Waals surface area contributed by atoms with Crippen molar-refractivity contribution in [1.82, 2.24) is 9.97 Å². The molecule has 1 N–H and O–H groups in total. The highest BCUT2D eigenvalue weighted by Gasteiger charge is 2.46. The number of aliphatic carboxylic acids is 1. The van der Waals surface area contributed by atoms with Crippen molar-refractivity contribution in [3.8, 4) is 5.75 Å². The van der Waals surface area contributed by atoms with Gasteiger partial charge in [-0.1, -0.05) is 35.9 Å². The molecule has 8 heteroatoms. The van der Waals surface area contributed by atoms with Crippen molar-refractivity contribution in [2.75, 3.05) is 11.5 Å². The molecule has 0 bridgehead atoms. The zero-order chi connectivity index (χ0) is 22.4. The van der Waals surface area contributed by atoms with Gasteiger partial charge in [-0.3, -0.25) is 14.5 Å². The Morgan fingerprint density at radius 3 is 2.39 bits per heavy atom. The summed E-state index contributed by atoms with van der Waals surface area (Å²) in [5, 5.41) is 10.4.